The van der Waals surface area contributed by atoms with Gasteiger partial charge >= 0.3 is 12.1 Å². The monoisotopic (exact) mass is 309 g/mol. The first-order valence-electron chi connectivity index (χ1n) is 7.07. The highest BCUT2D eigenvalue weighted by Gasteiger charge is 2.27. The van der Waals surface area contributed by atoms with Gasteiger partial charge in [0.25, 0.3) is 0 Å². The summed E-state index contributed by atoms with van der Waals surface area (Å²) >= 11 is 0. The Labute approximate surface area is 130 Å². The van der Waals surface area contributed by atoms with Crippen LogP contribution in [0, 0.1) is 0 Å². The van der Waals surface area contributed by atoms with Crippen LogP contribution >= 0.6 is 0 Å². The Kier molecular flexibility index (Phi) is 6.37. The standard InChI is InChI=1S/C16H23NO5/c1-11(17-15(20)22-16(2,3)4)13(18)14(19)21-10-12-8-6-5-7-9-12/h5-9,11,13,18H,10H2,1-4H3,(H,17,20). The lowest BCUT2D eigenvalue weighted by Gasteiger charge is -2.23. The number of nitrogens with one attached hydrogen (secondary N) is 1. The van der Waals surface area contributed by atoms with E-state index in [-0.39, 0.29) is 6.61 Å². The quantitative estimate of drug-likeness (QED) is 0.813. The molecule has 0 heterocycles. The van der Waals surface area contributed by atoms with Crippen molar-refractivity contribution < 1.29 is 24.2 Å². The molecule has 1 amide bonds. The Morgan fingerprint density at radius 3 is 2.36 bits per heavy atom. The number of hydrogen-bond acceptors (Lipinski definition) is 5. The van der Waals surface area contributed by atoms with Gasteiger partial charge in [-0.05, 0) is 33.3 Å². The van der Waals surface area contributed by atoms with Crippen molar-refractivity contribution in [1.82, 2.24) is 5.32 Å². The van der Waals surface area contributed by atoms with Gasteiger partial charge in [-0.2, -0.15) is 0 Å². The molecule has 1 aromatic carbocycles. The van der Waals surface area contributed by atoms with Gasteiger partial charge in [-0.25, -0.2) is 9.59 Å². The molecule has 6 nitrogen and oxygen atoms in total. The highest BCUT2D eigenvalue weighted by atomic mass is 16.6. The number of hydrogen-bond donors (Lipinski definition) is 2. The first kappa shape index (κ1) is 18.0. The maximum atomic E-state index is 11.8. The number of ether oxygens (including phenoxy) is 2. The van der Waals surface area contributed by atoms with Crippen molar-refractivity contribution in [3.63, 3.8) is 0 Å². The third-order valence-corrected chi connectivity index (χ3v) is 2.68. The van der Waals surface area contributed by atoms with Gasteiger partial charge in [0.2, 0.25) is 0 Å². The Hall–Kier alpha value is -2.08. The predicted molar refractivity (Wildman–Crippen MR) is 81.1 cm³/mol. The molecule has 0 aliphatic carbocycles. The molecule has 0 aromatic heterocycles. The summed E-state index contributed by atoms with van der Waals surface area (Å²) in [6.45, 7) is 6.74. The van der Waals surface area contributed by atoms with Crippen molar-refractivity contribution in [1.29, 1.82) is 0 Å². The highest BCUT2D eigenvalue weighted by molar-refractivity contribution is 5.77. The molecule has 0 saturated carbocycles. The van der Waals surface area contributed by atoms with Crippen LogP contribution in [-0.2, 0) is 20.9 Å². The van der Waals surface area contributed by atoms with Gasteiger partial charge in [0.1, 0.15) is 12.2 Å². The number of aliphatic hydroxyl groups is 1. The number of rotatable bonds is 5. The minimum Gasteiger partial charge on any atom is -0.459 e. The smallest absolute Gasteiger partial charge is 0.407 e. The van der Waals surface area contributed by atoms with Crippen LogP contribution in [0.3, 0.4) is 0 Å². The lowest BCUT2D eigenvalue weighted by molar-refractivity contribution is -0.156. The molecule has 22 heavy (non-hydrogen) atoms. The number of amides is 1. The minimum absolute atomic E-state index is 0.0654. The summed E-state index contributed by atoms with van der Waals surface area (Å²) in [4.78, 5) is 23.3. The third kappa shape index (κ3) is 6.58. The van der Waals surface area contributed by atoms with Crippen LogP contribution in [0.1, 0.15) is 33.3 Å². The Balaban J connectivity index is 2.43. The molecule has 2 N–H and O–H groups in total. The largest absolute Gasteiger partial charge is 0.459 e. The molecule has 0 spiro atoms. The average Bonchev–Trinajstić information content (AvgIpc) is 2.42. The number of benzene rings is 1. The predicted octanol–water partition coefficient (Wildman–Crippen LogP) is 2.00. The second-order valence-corrected chi connectivity index (χ2v) is 5.97. The van der Waals surface area contributed by atoms with Crippen molar-refractivity contribution in [2.75, 3.05) is 0 Å². The molecule has 0 aliphatic heterocycles. The van der Waals surface area contributed by atoms with Crippen LogP contribution in [0.5, 0.6) is 0 Å². The lowest BCUT2D eigenvalue weighted by Crippen LogP contribution is -2.47. The molecule has 1 aromatic rings. The van der Waals surface area contributed by atoms with E-state index in [1.807, 2.05) is 30.3 Å². The van der Waals surface area contributed by atoms with E-state index in [2.05, 4.69) is 5.32 Å². The lowest BCUT2D eigenvalue weighted by atomic mass is 10.2. The van der Waals surface area contributed by atoms with E-state index in [1.54, 1.807) is 20.8 Å². The molecule has 0 aliphatic rings. The highest BCUT2D eigenvalue weighted by Crippen LogP contribution is 2.08. The molecule has 0 bridgehead atoms. The van der Waals surface area contributed by atoms with E-state index in [0.717, 1.165) is 5.56 Å². The number of carbonyl (C=O) groups is 2. The Morgan fingerprint density at radius 2 is 1.82 bits per heavy atom. The summed E-state index contributed by atoms with van der Waals surface area (Å²) in [6, 6.07) is 8.30. The summed E-state index contributed by atoms with van der Waals surface area (Å²) in [7, 11) is 0. The van der Waals surface area contributed by atoms with Crippen LogP contribution in [0.25, 0.3) is 0 Å². The van der Waals surface area contributed by atoms with Gasteiger partial charge < -0.3 is 19.9 Å². The second kappa shape index (κ2) is 7.79. The zero-order valence-electron chi connectivity index (χ0n) is 13.3. The third-order valence-electron chi connectivity index (χ3n) is 2.68. The molecule has 2 unspecified atom stereocenters. The van der Waals surface area contributed by atoms with E-state index in [9.17, 15) is 14.7 Å². The van der Waals surface area contributed by atoms with Crippen LogP contribution in [-0.4, -0.2) is 34.9 Å². The first-order chi connectivity index (χ1) is 10.2. The zero-order valence-corrected chi connectivity index (χ0v) is 13.3. The van der Waals surface area contributed by atoms with Gasteiger partial charge in [-0.3, -0.25) is 0 Å². The first-order valence-corrected chi connectivity index (χ1v) is 7.07. The van der Waals surface area contributed by atoms with E-state index < -0.39 is 29.8 Å². The molecule has 0 fully saturated rings. The summed E-state index contributed by atoms with van der Waals surface area (Å²) in [5.41, 5.74) is 0.165. The second-order valence-electron chi connectivity index (χ2n) is 5.97. The maximum Gasteiger partial charge on any atom is 0.407 e. The summed E-state index contributed by atoms with van der Waals surface area (Å²) in [5, 5.41) is 12.3. The van der Waals surface area contributed by atoms with E-state index >= 15 is 0 Å². The van der Waals surface area contributed by atoms with Crippen molar-refractivity contribution in [3.8, 4) is 0 Å². The fourth-order valence-electron chi connectivity index (χ4n) is 1.59. The normalized spacial score (nSPS) is 13.9. The Bertz CT molecular complexity index is 495. The van der Waals surface area contributed by atoms with Crippen molar-refractivity contribution in [2.24, 2.45) is 0 Å². The van der Waals surface area contributed by atoms with Crippen LogP contribution in [0.4, 0.5) is 4.79 Å². The SMILES string of the molecule is CC(NC(=O)OC(C)(C)C)C(O)C(=O)OCc1ccccc1. The van der Waals surface area contributed by atoms with Crippen molar-refractivity contribution >= 4 is 12.1 Å². The molecule has 0 saturated heterocycles. The fourth-order valence-corrected chi connectivity index (χ4v) is 1.59. The van der Waals surface area contributed by atoms with Gasteiger partial charge in [0.15, 0.2) is 6.10 Å². The van der Waals surface area contributed by atoms with Crippen LogP contribution in [0.15, 0.2) is 30.3 Å². The summed E-state index contributed by atoms with van der Waals surface area (Å²) < 4.78 is 10.1. The van der Waals surface area contributed by atoms with Crippen LogP contribution < -0.4 is 5.32 Å². The van der Waals surface area contributed by atoms with E-state index in [4.69, 9.17) is 9.47 Å². The Morgan fingerprint density at radius 1 is 1.23 bits per heavy atom. The number of esters is 1. The van der Waals surface area contributed by atoms with Crippen molar-refractivity contribution in [2.45, 2.75) is 52.0 Å². The van der Waals surface area contributed by atoms with Crippen LogP contribution in [0.2, 0.25) is 0 Å². The van der Waals surface area contributed by atoms with E-state index in [1.165, 1.54) is 6.92 Å². The molecule has 122 valence electrons. The van der Waals surface area contributed by atoms with Gasteiger partial charge in [0.05, 0.1) is 6.04 Å². The van der Waals surface area contributed by atoms with Gasteiger partial charge in [-0.15, -0.1) is 0 Å². The molecule has 1 rings (SSSR count). The van der Waals surface area contributed by atoms with Gasteiger partial charge in [0, 0.05) is 0 Å². The van der Waals surface area contributed by atoms with E-state index in [0.29, 0.717) is 0 Å². The average molecular weight is 309 g/mol. The molecular formula is C16H23NO5. The number of aliphatic hydroxyl groups excluding tert-OH is 1. The number of carbonyl (C=O) groups excluding carboxylic acids is 2. The molecule has 0 radical (unpaired) electrons. The minimum atomic E-state index is -1.46. The zero-order chi connectivity index (χ0) is 16.8. The molecular weight excluding hydrogens is 286 g/mol. The van der Waals surface area contributed by atoms with Gasteiger partial charge in [-0.1, -0.05) is 30.3 Å². The number of alkyl carbamates (subject to hydrolysis) is 1. The molecule has 2 atom stereocenters. The summed E-state index contributed by atoms with van der Waals surface area (Å²) in [5.74, 6) is -0.799. The molecule has 6 heteroatoms. The van der Waals surface area contributed by atoms with Crippen molar-refractivity contribution in [3.05, 3.63) is 35.9 Å². The topological polar surface area (TPSA) is 84.9 Å². The summed E-state index contributed by atoms with van der Waals surface area (Å²) in [6.07, 6.45) is -2.16. The fraction of sp³-hybridized carbons (Fsp3) is 0.500. The maximum absolute atomic E-state index is 11.8.